The number of nitrogens with one attached hydrogen (secondary N) is 1. The Bertz CT molecular complexity index is 1300. The van der Waals surface area contributed by atoms with E-state index in [1.807, 2.05) is 42.5 Å². The van der Waals surface area contributed by atoms with Crippen molar-refractivity contribution in [1.29, 1.82) is 0 Å². The quantitative estimate of drug-likeness (QED) is 0.306. The second-order valence-corrected chi connectivity index (χ2v) is 7.05. The molecule has 0 atom stereocenters. The largest absolute Gasteiger partial charge is 0.496 e. The maximum atomic E-state index is 12.7. The maximum Gasteiger partial charge on any atom is 0.271 e. The summed E-state index contributed by atoms with van der Waals surface area (Å²) in [6, 6.07) is 24.6. The van der Waals surface area contributed by atoms with Gasteiger partial charge in [0.05, 0.1) is 12.0 Å². The number of nitro benzene ring substituents is 1. The lowest BCUT2D eigenvalue weighted by Crippen LogP contribution is -2.13. The first-order valence-corrected chi connectivity index (χ1v) is 9.88. The zero-order valence-electron chi connectivity index (χ0n) is 17.3. The highest BCUT2D eigenvalue weighted by atomic mass is 16.6. The van der Waals surface area contributed by atoms with Gasteiger partial charge in [-0.2, -0.15) is 0 Å². The molecule has 4 aromatic rings. The second-order valence-electron chi connectivity index (χ2n) is 7.05. The molecule has 0 saturated carbocycles. The first kappa shape index (κ1) is 20.9. The maximum absolute atomic E-state index is 12.7. The van der Waals surface area contributed by atoms with E-state index in [0.717, 1.165) is 16.5 Å². The molecule has 1 amide bonds. The average Bonchev–Trinajstić information content (AvgIpc) is 2.82. The molecule has 1 N–H and O–H groups in total. The summed E-state index contributed by atoms with van der Waals surface area (Å²) in [5.41, 5.74) is 1.33. The van der Waals surface area contributed by atoms with Gasteiger partial charge in [0.15, 0.2) is 0 Å². The molecule has 0 fully saturated rings. The van der Waals surface area contributed by atoms with Gasteiger partial charge in [-0.1, -0.05) is 42.5 Å². The highest BCUT2D eigenvalue weighted by Gasteiger charge is 2.13. The summed E-state index contributed by atoms with van der Waals surface area (Å²) in [7, 11) is 1.56. The molecule has 0 aliphatic heterocycles. The molecule has 32 heavy (non-hydrogen) atoms. The molecule has 0 bridgehead atoms. The van der Waals surface area contributed by atoms with Crippen LogP contribution in [0.2, 0.25) is 0 Å². The van der Waals surface area contributed by atoms with Gasteiger partial charge in [0.25, 0.3) is 11.6 Å². The van der Waals surface area contributed by atoms with Crippen LogP contribution in [0.15, 0.2) is 84.9 Å². The van der Waals surface area contributed by atoms with Crippen molar-refractivity contribution < 1.29 is 19.2 Å². The highest BCUT2D eigenvalue weighted by molar-refractivity contribution is 6.04. The van der Waals surface area contributed by atoms with Gasteiger partial charge in [-0.25, -0.2) is 0 Å². The number of non-ortho nitro benzene ring substituents is 1. The fourth-order valence-corrected chi connectivity index (χ4v) is 3.41. The van der Waals surface area contributed by atoms with Crippen LogP contribution in [0.5, 0.6) is 11.5 Å². The van der Waals surface area contributed by atoms with E-state index >= 15 is 0 Å². The third kappa shape index (κ3) is 4.52. The summed E-state index contributed by atoms with van der Waals surface area (Å²) in [6.45, 7) is 0.203. The molecule has 0 aliphatic rings. The number of methoxy groups -OCH3 is 1. The van der Waals surface area contributed by atoms with E-state index in [1.54, 1.807) is 31.4 Å². The minimum absolute atomic E-state index is 0.0956. The number of nitro groups is 1. The van der Waals surface area contributed by atoms with Crippen molar-refractivity contribution in [2.45, 2.75) is 6.61 Å². The Morgan fingerprint density at radius 1 is 0.938 bits per heavy atom. The molecule has 0 saturated heterocycles. The van der Waals surface area contributed by atoms with E-state index in [4.69, 9.17) is 9.47 Å². The zero-order valence-corrected chi connectivity index (χ0v) is 17.3. The Morgan fingerprint density at radius 3 is 2.53 bits per heavy atom. The van der Waals surface area contributed by atoms with Crippen LogP contribution < -0.4 is 14.8 Å². The van der Waals surface area contributed by atoms with Crippen molar-refractivity contribution in [1.82, 2.24) is 0 Å². The van der Waals surface area contributed by atoms with E-state index < -0.39 is 4.92 Å². The van der Waals surface area contributed by atoms with Crippen molar-refractivity contribution in [2.24, 2.45) is 0 Å². The lowest BCUT2D eigenvalue weighted by Gasteiger charge is -2.13. The molecule has 0 aliphatic carbocycles. The van der Waals surface area contributed by atoms with Crippen molar-refractivity contribution >= 4 is 28.1 Å². The summed E-state index contributed by atoms with van der Waals surface area (Å²) in [5.74, 6) is 0.938. The fraction of sp³-hybridized carbons (Fsp3) is 0.0800. The van der Waals surface area contributed by atoms with Crippen molar-refractivity contribution in [2.75, 3.05) is 12.4 Å². The number of rotatable bonds is 7. The summed E-state index contributed by atoms with van der Waals surface area (Å²) >= 11 is 0. The lowest BCUT2D eigenvalue weighted by atomic mass is 10.1. The number of hydrogen-bond acceptors (Lipinski definition) is 5. The number of fused-ring (bicyclic) bond motifs is 1. The Hall–Kier alpha value is -4.39. The van der Waals surface area contributed by atoms with Crippen LogP contribution in [0.25, 0.3) is 10.8 Å². The van der Waals surface area contributed by atoms with Crippen LogP contribution in [0.3, 0.4) is 0 Å². The smallest absolute Gasteiger partial charge is 0.271 e. The van der Waals surface area contributed by atoms with Crippen LogP contribution in [0.1, 0.15) is 15.9 Å². The zero-order chi connectivity index (χ0) is 22.5. The van der Waals surface area contributed by atoms with E-state index in [9.17, 15) is 14.9 Å². The Balaban J connectivity index is 1.55. The van der Waals surface area contributed by atoms with Gasteiger partial charge in [-0.15, -0.1) is 0 Å². The normalized spacial score (nSPS) is 10.5. The van der Waals surface area contributed by atoms with E-state index in [1.165, 1.54) is 18.2 Å². The Morgan fingerprint density at radius 2 is 1.72 bits per heavy atom. The molecule has 0 heterocycles. The number of amides is 1. The number of nitrogens with zero attached hydrogens (tertiary/aromatic N) is 1. The van der Waals surface area contributed by atoms with Crippen LogP contribution in [-0.4, -0.2) is 17.9 Å². The first-order valence-electron chi connectivity index (χ1n) is 9.88. The van der Waals surface area contributed by atoms with Gasteiger partial charge in [-0.3, -0.25) is 14.9 Å². The van der Waals surface area contributed by atoms with Crippen LogP contribution in [0, 0.1) is 10.1 Å². The molecular weight excluding hydrogens is 408 g/mol. The van der Waals surface area contributed by atoms with Gasteiger partial charge in [0, 0.05) is 34.3 Å². The van der Waals surface area contributed by atoms with Gasteiger partial charge in [0.1, 0.15) is 18.1 Å². The summed E-state index contributed by atoms with van der Waals surface area (Å²) in [6.07, 6.45) is 0. The number of hydrogen-bond donors (Lipinski definition) is 1. The summed E-state index contributed by atoms with van der Waals surface area (Å²) < 4.78 is 11.5. The predicted octanol–water partition coefficient (Wildman–Crippen LogP) is 5.59. The molecule has 7 heteroatoms. The Kier molecular flexibility index (Phi) is 5.98. The number of ether oxygens (including phenoxy) is 2. The van der Waals surface area contributed by atoms with Crippen molar-refractivity contribution in [3.8, 4) is 11.5 Å². The number of benzene rings is 4. The molecule has 7 nitrogen and oxygen atoms in total. The minimum atomic E-state index is -0.508. The third-order valence-electron chi connectivity index (χ3n) is 4.99. The number of carbonyl (C=O) groups is 1. The molecule has 0 unspecified atom stereocenters. The molecule has 0 spiro atoms. The summed E-state index contributed by atoms with van der Waals surface area (Å²) in [4.78, 5) is 23.2. The monoisotopic (exact) mass is 428 g/mol. The molecule has 4 rings (SSSR count). The number of carbonyl (C=O) groups excluding carboxylic acids is 1. The van der Waals surface area contributed by atoms with E-state index in [0.29, 0.717) is 22.6 Å². The standard InChI is InChI=1S/C25H20N2O5/c1-31-23-13-12-18(25(28)26-20-8-5-9-21(15-20)27(29)30)14-19(23)16-32-24-11-4-7-17-6-2-3-10-22(17)24/h2-15H,16H2,1H3,(H,26,28). The highest BCUT2D eigenvalue weighted by Crippen LogP contribution is 2.28. The first-order chi connectivity index (χ1) is 15.5. The average molecular weight is 428 g/mol. The number of anilines is 1. The molecular formula is C25H20N2O5. The minimum Gasteiger partial charge on any atom is -0.496 e. The van der Waals surface area contributed by atoms with Gasteiger partial charge in [0.2, 0.25) is 0 Å². The fourth-order valence-electron chi connectivity index (χ4n) is 3.41. The van der Waals surface area contributed by atoms with E-state index in [-0.39, 0.29) is 18.2 Å². The van der Waals surface area contributed by atoms with Crippen LogP contribution in [-0.2, 0) is 6.61 Å². The van der Waals surface area contributed by atoms with E-state index in [2.05, 4.69) is 5.32 Å². The third-order valence-corrected chi connectivity index (χ3v) is 4.99. The molecule has 4 aromatic carbocycles. The Labute approximate surface area is 184 Å². The summed E-state index contributed by atoms with van der Waals surface area (Å²) in [5, 5.41) is 15.7. The lowest BCUT2D eigenvalue weighted by molar-refractivity contribution is -0.384. The second kappa shape index (κ2) is 9.18. The SMILES string of the molecule is COc1ccc(C(=O)Nc2cccc([N+](=O)[O-])c2)cc1COc1cccc2ccccc12. The van der Waals surface area contributed by atoms with Crippen LogP contribution >= 0.6 is 0 Å². The van der Waals surface area contributed by atoms with Gasteiger partial charge < -0.3 is 14.8 Å². The van der Waals surface area contributed by atoms with Crippen LogP contribution in [0.4, 0.5) is 11.4 Å². The molecule has 0 radical (unpaired) electrons. The molecule has 0 aromatic heterocycles. The predicted molar refractivity (Wildman–Crippen MR) is 122 cm³/mol. The van der Waals surface area contributed by atoms with Crippen molar-refractivity contribution in [3.05, 3.63) is 106 Å². The van der Waals surface area contributed by atoms with Gasteiger partial charge >= 0.3 is 0 Å². The van der Waals surface area contributed by atoms with Gasteiger partial charge in [-0.05, 0) is 35.7 Å². The van der Waals surface area contributed by atoms with Crippen molar-refractivity contribution in [3.63, 3.8) is 0 Å². The molecule has 160 valence electrons. The topological polar surface area (TPSA) is 90.7 Å².